The number of methoxy groups -OCH3 is 1. The van der Waals surface area contributed by atoms with Gasteiger partial charge in [-0.1, -0.05) is 13.8 Å². The predicted octanol–water partition coefficient (Wildman–Crippen LogP) is -3.62. The molecule has 0 radical (unpaired) electrons. The first-order chi connectivity index (χ1) is 4.63. The van der Waals surface area contributed by atoms with Crippen molar-refractivity contribution in [2.75, 3.05) is 14.2 Å². The number of likely N-dealkylation sites (N-methyl/N-ethyl adjacent to an activating group) is 1. The van der Waals surface area contributed by atoms with Crippen molar-refractivity contribution in [1.82, 2.24) is 0 Å². The van der Waals surface area contributed by atoms with Crippen LogP contribution in [-0.4, -0.2) is 26.2 Å². The summed E-state index contributed by atoms with van der Waals surface area (Å²) in [4.78, 5) is 10.9. The molecule has 0 saturated heterocycles. The van der Waals surface area contributed by atoms with E-state index in [9.17, 15) is 4.79 Å². The van der Waals surface area contributed by atoms with Crippen LogP contribution in [0.4, 0.5) is 0 Å². The largest absolute Gasteiger partial charge is 1.00 e. The highest BCUT2D eigenvalue weighted by molar-refractivity contribution is 5.74. The van der Waals surface area contributed by atoms with Gasteiger partial charge in [0.05, 0.1) is 14.2 Å². The summed E-state index contributed by atoms with van der Waals surface area (Å²) in [6.07, 6.45) is 0. The van der Waals surface area contributed by atoms with Gasteiger partial charge in [-0.15, -0.1) is 0 Å². The van der Waals surface area contributed by atoms with Crippen molar-refractivity contribution in [3.8, 4) is 0 Å². The van der Waals surface area contributed by atoms with E-state index in [0.717, 1.165) is 0 Å². The topological polar surface area (TPSA) is 42.9 Å². The van der Waals surface area contributed by atoms with E-state index >= 15 is 0 Å². The number of hydrogen-bond acceptors (Lipinski definition) is 2. The molecule has 4 heteroatoms. The van der Waals surface area contributed by atoms with Crippen LogP contribution in [0.1, 0.15) is 13.8 Å². The average molecular weight is 182 g/mol. The molecule has 0 rings (SSSR count). The van der Waals surface area contributed by atoms with Crippen LogP contribution in [0.5, 0.6) is 0 Å². The van der Waals surface area contributed by atoms with Gasteiger partial charge in [-0.05, 0) is 0 Å². The molecule has 68 valence electrons. The van der Waals surface area contributed by atoms with Crippen molar-refractivity contribution in [1.29, 1.82) is 0 Å². The van der Waals surface area contributed by atoms with Crippen LogP contribution in [0.15, 0.2) is 0 Å². The zero-order valence-corrected chi connectivity index (χ0v) is 8.18. The summed E-state index contributed by atoms with van der Waals surface area (Å²) >= 11 is 0. The minimum atomic E-state index is -0.141. The van der Waals surface area contributed by atoms with Crippen molar-refractivity contribution in [2.45, 2.75) is 19.9 Å². The van der Waals surface area contributed by atoms with Gasteiger partial charge in [0.15, 0.2) is 6.04 Å². The fraction of sp³-hybridized carbons (Fsp3) is 0.857. The van der Waals surface area contributed by atoms with Crippen molar-refractivity contribution in [3.05, 3.63) is 0 Å². The lowest BCUT2D eigenvalue weighted by Gasteiger charge is -2.13. The molecule has 0 aromatic heterocycles. The smallest absolute Gasteiger partial charge is 0.364 e. The zero-order valence-electron chi connectivity index (χ0n) is 7.43. The van der Waals surface area contributed by atoms with Gasteiger partial charge in [-0.3, -0.25) is 0 Å². The minimum absolute atomic E-state index is 0. The Balaban J connectivity index is 0. The normalized spacial score (nSPS) is 12.1. The molecule has 1 atom stereocenters. The Morgan fingerprint density at radius 3 is 2.00 bits per heavy atom. The molecule has 0 heterocycles. The molecule has 0 amide bonds. The molecule has 0 saturated carbocycles. The van der Waals surface area contributed by atoms with Crippen molar-refractivity contribution in [3.63, 3.8) is 0 Å². The van der Waals surface area contributed by atoms with Gasteiger partial charge in [0.2, 0.25) is 0 Å². The second-order valence-corrected chi connectivity index (χ2v) is 2.63. The monoisotopic (exact) mass is 181 g/mol. The van der Waals surface area contributed by atoms with Gasteiger partial charge in [-0.25, -0.2) is 4.79 Å². The van der Waals surface area contributed by atoms with E-state index in [1.807, 2.05) is 26.2 Å². The summed E-state index contributed by atoms with van der Waals surface area (Å²) in [6.45, 7) is 4.00. The minimum Gasteiger partial charge on any atom is -1.00 e. The number of ether oxygens (including phenoxy) is 1. The van der Waals surface area contributed by atoms with Crippen LogP contribution in [0.25, 0.3) is 0 Å². The van der Waals surface area contributed by atoms with Gasteiger partial charge >= 0.3 is 5.97 Å². The Hall–Kier alpha value is -0.280. The lowest BCUT2D eigenvalue weighted by molar-refractivity contribution is -0.657. The van der Waals surface area contributed by atoms with E-state index < -0.39 is 0 Å². The first kappa shape index (κ1) is 13.3. The summed E-state index contributed by atoms with van der Waals surface area (Å²) < 4.78 is 4.59. The Kier molecular flexibility index (Phi) is 7.79. The number of nitrogens with two attached hydrogens (primary N) is 1. The Bertz CT molecular complexity index is 117. The molecule has 0 unspecified atom stereocenters. The summed E-state index contributed by atoms with van der Waals surface area (Å²) in [7, 11) is 3.29. The maximum atomic E-state index is 10.9. The third-order valence-electron chi connectivity index (χ3n) is 1.55. The molecule has 3 nitrogen and oxygen atoms in total. The SMILES string of the molecule is C[NH2+][C@H](C(=O)OC)C(C)C.[Cl-]. The molecule has 0 bridgehead atoms. The highest BCUT2D eigenvalue weighted by atomic mass is 35.5. The summed E-state index contributed by atoms with van der Waals surface area (Å²) in [5.41, 5.74) is 0. The zero-order chi connectivity index (χ0) is 8.15. The number of carbonyl (C=O) groups excluding carboxylic acids is 1. The first-order valence-corrected chi connectivity index (χ1v) is 3.50. The molecule has 0 aromatic carbocycles. The number of quaternary nitrogens is 1. The standard InChI is InChI=1S/C7H15NO2.ClH/c1-5(2)6(8-3)7(9)10-4;/h5-6,8H,1-4H3;1H/t6-;/m0./s1. The van der Waals surface area contributed by atoms with E-state index in [-0.39, 0.29) is 24.4 Å². The molecular weight excluding hydrogens is 166 g/mol. The van der Waals surface area contributed by atoms with Gasteiger partial charge in [-0.2, -0.15) is 0 Å². The van der Waals surface area contributed by atoms with Crippen LogP contribution in [-0.2, 0) is 9.53 Å². The van der Waals surface area contributed by atoms with Crippen molar-refractivity contribution >= 4 is 5.97 Å². The fourth-order valence-corrected chi connectivity index (χ4v) is 0.929. The maximum Gasteiger partial charge on any atom is 0.364 e. The van der Waals surface area contributed by atoms with Gasteiger partial charge in [0.25, 0.3) is 0 Å². The van der Waals surface area contributed by atoms with Crippen LogP contribution in [0.2, 0.25) is 0 Å². The van der Waals surface area contributed by atoms with Crippen LogP contribution in [0, 0.1) is 5.92 Å². The second kappa shape index (κ2) is 6.43. The predicted molar refractivity (Wildman–Crippen MR) is 38.5 cm³/mol. The number of esters is 1. The Labute approximate surface area is 73.9 Å². The number of hydrogen-bond donors (Lipinski definition) is 1. The van der Waals surface area contributed by atoms with Crippen molar-refractivity contribution < 1.29 is 27.3 Å². The van der Waals surface area contributed by atoms with E-state index in [0.29, 0.717) is 5.92 Å². The Morgan fingerprint density at radius 2 is 1.91 bits per heavy atom. The van der Waals surface area contributed by atoms with E-state index in [2.05, 4.69) is 4.74 Å². The lowest BCUT2D eigenvalue weighted by atomic mass is 10.1. The second-order valence-electron chi connectivity index (χ2n) is 2.63. The van der Waals surface area contributed by atoms with Crippen LogP contribution < -0.4 is 17.7 Å². The van der Waals surface area contributed by atoms with E-state index in [1.54, 1.807) is 0 Å². The summed E-state index contributed by atoms with van der Waals surface area (Å²) in [5, 5.41) is 1.87. The van der Waals surface area contributed by atoms with Crippen LogP contribution >= 0.6 is 0 Å². The summed E-state index contributed by atoms with van der Waals surface area (Å²) in [5.74, 6) is 0.190. The highest BCUT2D eigenvalue weighted by Gasteiger charge is 2.23. The molecule has 0 aromatic rings. The number of carbonyl (C=O) groups is 1. The van der Waals surface area contributed by atoms with E-state index in [4.69, 9.17) is 0 Å². The fourth-order valence-electron chi connectivity index (χ4n) is 0.929. The highest BCUT2D eigenvalue weighted by Crippen LogP contribution is 1.97. The van der Waals surface area contributed by atoms with Gasteiger partial charge in [0.1, 0.15) is 0 Å². The first-order valence-electron chi connectivity index (χ1n) is 3.50. The number of halogens is 1. The van der Waals surface area contributed by atoms with Gasteiger partial charge < -0.3 is 22.5 Å². The molecule has 11 heavy (non-hydrogen) atoms. The molecular formula is C7H16ClNO2. The molecule has 0 aliphatic heterocycles. The lowest BCUT2D eigenvalue weighted by Crippen LogP contribution is -3.00. The number of rotatable bonds is 3. The molecule has 0 aliphatic carbocycles. The molecule has 0 aliphatic rings. The quantitative estimate of drug-likeness (QED) is 0.457. The van der Waals surface area contributed by atoms with Crippen LogP contribution in [0.3, 0.4) is 0 Å². The Morgan fingerprint density at radius 1 is 1.45 bits per heavy atom. The molecule has 2 N–H and O–H groups in total. The average Bonchev–Trinajstić information content (AvgIpc) is 1.88. The third-order valence-corrected chi connectivity index (χ3v) is 1.55. The summed E-state index contributed by atoms with van der Waals surface area (Å²) in [6, 6.07) is -0.0509. The third kappa shape index (κ3) is 4.22. The maximum absolute atomic E-state index is 10.9. The molecule has 0 spiro atoms. The van der Waals surface area contributed by atoms with E-state index in [1.165, 1.54) is 7.11 Å². The van der Waals surface area contributed by atoms with Gasteiger partial charge in [0, 0.05) is 5.92 Å². The van der Waals surface area contributed by atoms with Crippen molar-refractivity contribution in [2.24, 2.45) is 5.92 Å². The molecule has 0 fully saturated rings.